The van der Waals surface area contributed by atoms with Gasteiger partial charge in [-0.2, -0.15) is 0 Å². The van der Waals surface area contributed by atoms with Gasteiger partial charge in [0.2, 0.25) is 5.91 Å². The van der Waals surface area contributed by atoms with Crippen molar-refractivity contribution in [1.29, 1.82) is 0 Å². The Bertz CT molecular complexity index is 397. The molecule has 0 radical (unpaired) electrons. The monoisotopic (exact) mass is 305 g/mol. The minimum atomic E-state index is 0.395. The van der Waals surface area contributed by atoms with E-state index in [0.717, 1.165) is 32.0 Å². The molecule has 4 rings (SSSR count). The molecule has 3 heterocycles. The van der Waals surface area contributed by atoms with Crippen molar-refractivity contribution in [1.82, 2.24) is 15.1 Å². The van der Waals surface area contributed by atoms with E-state index in [2.05, 4.69) is 15.1 Å². The Labute approximate surface area is 134 Å². The lowest BCUT2D eigenvalue weighted by Crippen LogP contribution is -2.52. The molecule has 0 bridgehead atoms. The van der Waals surface area contributed by atoms with Crippen molar-refractivity contribution < 1.29 is 4.79 Å². The number of nitrogens with zero attached hydrogens (tertiary/aromatic N) is 2. The fourth-order valence-electron chi connectivity index (χ4n) is 4.86. The van der Waals surface area contributed by atoms with Crippen molar-refractivity contribution in [2.45, 2.75) is 57.4 Å². The summed E-state index contributed by atoms with van der Waals surface area (Å²) in [5.74, 6) is 0.844. The Hall–Kier alpha value is -0.610. The molecule has 3 saturated heterocycles. The standard InChI is InChI=1S/C18H31N3O/c22-17(15-1-2-15)21-11-3-16(4-12-21)20-13-7-18(8-14-20)5-9-19-10-6-18/h15-16,19H,1-14H2. The zero-order chi connectivity index (χ0) is 15.0. The first-order chi connectivity index (χ1) is 10.8. The second-order valence-electron chi connectivity index (χ2n) is 8.12. The summed E-state index contributed by atoms with van der Waals surface area (Å²) in [5, 5.41) is 3.51. The number of hydrogen-bond donors (Lipinski definition) is 1. The highest BCUT2D eigenvalue weighted by Gasteiger charge is 2.39. The van der Waals surface area contributed by atoms with E-state index in [1.165, 1.54) is 64.7 Å². The zero-order valence-electron chi connectivity index (χ0n) is 13.9. The molecule has 4 fully saturated rings. The first-order valence-corrected chi connectivity index (χ1v) is 9.49. The molecular formula is C18H31N3O. The van der Waals surface area contributed by atoms with Crippen LogP contribution in [0.25, 0.3) is 0 Å². The molecule has 1 aliphatic carbocycles. The average Bonchev–Trinajstić information content (AvgIpc) is 3.41. The molecule has 4 aliphatic rings. The van der Waals surface area contributed by atoms with Gasteiger partial charge in [0.25, 0.3) is 0 Å². The number of piperidine rings is 3. The smallest absolute Gasteiger partial charge is 0.225 e. The van der Waals surface area contributed by atoms with Crippen molar-refractivity contribution in [3.05, 3.63) is 0 Å². The molecule has 1 N–H and O–H groups in total. The molecular weight excluding hydrogens is 274 g/mol. The highest BCUT2D eigenvalue weighted by molar-refractivity contribution is 5.81. The minimum Gasteiger partial charge on any atom is -0.342 e. The van der Waals surface area contributed by atoms with Gasteiger partial charge in [0.1, 0.15) is 0 Å². The summed E-state index contributed by atoms with van der Waals surface area (Å²) < 4.78 is 0. The van der Waals surface area contributed by atoms with E-state index in [-0.39, 0.29) is 0 Å². The van der Waals surface area contributed by atoms with E-state index >= 15 is 0 Å². The lowest BCUT2D eigenvalue weighted by molar-refractivity contribution is -0.134. The van der Waals surface area contributed by atoms with Crippen LogP contribution in [-0.4, -0.2) is 61.0 Å². The number of rotatable bonds is 2. The molecule has 3 aliphatic heterocycles. The number of carbonyl (C=O) groups excluding carboxylic acids is 1. The summed E-state index contributed by atoms with van der Waals surface area (Å²) in [6.45, 7) is 7.04. The lowest BCUT2D eigenvalue weighted by Gasteiger charge is -2.48. The van der Waals surface area contributed by atoms with Crippen LogP contribution in [0.2, 0.25) is 0 Å². The van der Waals surface area contributed by atoms with Gasteiger partial charge < -0.3 is 15.1 Å². The van der Waals surface area contributed by atoms with E-state index in [9.17, 15) is 4.79 Å². The summed E-state index contributed by atoms with van der Waals surface area (Å²) in [5.41, 5.74) is 0.657. The van der Waals surface area contributed by atoms with Crippen LogP contribution in [0.3, 0.4) is 0 Å². The van der Waals surface area contributed by atoms with E-state index in [1.807, 2.05) is 0 Å². The van der Waals surface area contributed by atoms with Gasteiger partial charge in [0, 0.05) is 25.0 Å². The molecule has 4 nitrogen and oxygen atoms in total. The van der Waals surface area contributed by atoms with E-state index in [1.54, 1.807) is 0 Å². The normalized spacial score (nSPS) is 30.6. The van der Waals surface area contributed by atoms with Crippen LogP contribution in [0.4, 0.5) is 0 Å². The molecule has 0 atom stereocenters. The molecule has 22 heavy (non-hydrogen) atoms. The van der Waals surface area contributed by atoms with Crippen LogP contribution < -0.4 is 5.32 Å². The van der Waals surface area contributed by atoms with Gasteiger partial charge >= 0.3 is 0 Å². The summed E-state index contributed by atoms with van der Waals surface area (Å²) in [4.78, 5) is 17.0. The SMILES string of the molecule is O=C(C1CC1)N1CCC(N2CCC3(CCNCC3)CC2)CC1. The molecule has 0 unspecified atom stereocenters. The van der Waals surface area contributed by atoms with Crippen LogP contribution in [0.1, 0.15) is 51.4 Å². The van der Waals surface area contributed by atoms with Gasteiger partial charge in [-0.3, -0.25) is 4.79 Å². The number of amides is 1. The van der Waals surface area contributed by atoms with Crippen LogP contribution >= 0.6 is 0 Å². The Morgan fingerprint density at radius 2 is 1.50 bits per heavy atom. The maximum absolute atomic E-state index is 12.2. The zero-order valence-corrected chi connectivity index (χ0v) is 13.9. The third-order valence-electron chi connectivity index (χ3n) is 6.74. The molecule has 1 saturated carbocycles. The van der Waals surface area contributed by atoms with Crippen molar-refractivity contribution >= 4 is 5.91 Å². The van der Waals surface area contributed by atoms with E-state index < -0.39 is 0 Å². The van der Waals surface area contributed by atoms with Gasteiger partial charge in [0.05, 0.1) is 0 Å². The Morgan fingerprint density at radius 3 is 2.09 bits per heavy atom. The van der Waals surface area contributed by atoms with Crippen molar-refractivity contribution in [2.75, 3.05) is 39.3 Å². The van der Waals surface area contributed by atoms with Gasteiger partial charge in [-0.1, -0.05) is 0 Å². The largest absolute Gasteiger partial charge is 0.342 e. The van der Waals surface area contributed by atoms with Crippen LogP contribution in [0, 0.1) is 11.3 Å². The second-order valence-corrected chi connectivity index (χ2v) is 8.12. The topological polar surface area (TPSA) is 35.6 Å². The fourth-order valence-corrected chi connectivity index (χ4v) is 4.86. The quantitative estimate of drug-likeness (QED) is 0.846. The summed E-state index contributed by atoms with van der Waals surface area (Å²) in [6.07, 6.45) is 10.2. The Kier molecular flexibility index (Phi) is 4.16. The van der Waals surface area contributed by atoms with Gasteiger partial charge in [-0.15, -0.1) is 0 Å². The molecule has 4 heteroatoms. The summed E-state index contributed by atoms with van der Waals surface area (Å²) >= 11 is 0. The number of nitrogens with one attached hydrogen (secondary N) is 1. The maximum atomic E-state index is 12.2. The van der Waals surface area contributed by atoms with Gasteiger partial charge in [-0.25, -0.2) is 0 Å². The highest BCUT2D eigenvalue weighted by Crippen LogP contribution is 2.40. The second kappa shape index (κ2) is 6.12. The average molecular weight is 305 g/mol. The van der Waals surface area contributed by atoms with Crippen molar-refractivity contribution in [2.24, 2.45) is 11.3 Å². The molecule has 1 spiro atoms. The first kappa shape index (κ1) is 14.9. The minimum absolute atomic E-state index is 0.395. The van der Waals surface area contributed by atoms with Gasteiger partial charge in [0.15, 0.2) is 0 Å². The third kappa shape index (κ3) is 3.05. The lowest BCUT2D eigenvalue weighted by atomic mass is 9.71. The van der Waals surface area contributed by atoms with Gasteiger partial charge in [-0.05, 0) is 83.0 Å². The third-order valence-corrected chi connectivity index (χ3v) is 6.74. The number of likely N-dealkylation sites (tertiary alicyclic amines) is 2. The van der Waals surface area contributed by atoms with Crippen LogP contribution in [0.15, 0.2) is 0 Å². The molecule has 1 amide bonds. The van der Waals surface area contributed by atoms with E-state index in [0.29, 0.717) is 17.2 Å². The van der Waals surface area contributed by atoms with Crippen molar-refractivity contribution in [3.8, 4) is 0 Å². The Morgan fingerprint density at radius 1 is 0.864 bits per heavy atom. The predicted octanol–water partition coefficient (Wildman–Crippen LogP) is 1.85. The predicted molar refractivity (Wildman–Crippen MR) is 87.7 cm³/mol. The molecule has 124 valence electrons. The number of carbonyl (C=O) groups is 1. The Balaban J connectivity index is 1.25. The maximum Gasteiger partial charge on any atom is 0.225 e. The van der Waals surface area contributed by atoms with E-state index in [4.69, 9.17) is 0 Å². The highest BCUT2D eigenvalue weighted by atomic mass is 16.2. The summed E-state index contributed by atoms with van der Waals surface area (Å²) in [7, 11) is 0. The molecule has 0 aromatic rings. The first-order valence-electron chi connectivity index (χ1n) is 9.49. The summed E-state index contributed by atoms with van der Waals surface area (Å²) in [6, 6.07) is 0.738. The molecule has 0 aromatic carbocycles. The molecule has 0 aromatic heterocycles. The van der Waals surface area contributed by atoms with Crippen molar-refractivity contribution in [3.63, 3.8) is 0 Å². The van der Waals surface area contributed by atoms with Crippen LogP contribution in [-0.2, 0) is 4.79 Å². The van der Waals surface area contributed by atoms with Crippen LogP contribution in [0.5, 0.6) is 0 Å². The fraction of sp³-hybridized carbons (Fsp3) is 0.944. The number of hydrogen-bond acceptors (Lipinski definition) is 3.